The third kappa shape index (κ3) is 4.97. The summed E-state index contributed by atoms with van der Waals surface area (Å²) in [6.07, 6.45) is -8.67. The zero-order valence-corrected chi connectivity index (χ0v) is 17.2. The second-order valence-electron chi connectivity index (χ2n) is 7.12. The maximum absolute atomic E-state index is 13.7. The van der Waals surface area contributed by atoms with Crippen molar-refractivity contribution >= 4 is 28.8 Å². The molecule has 0 aliphatic heterocycles. The van der Waals surface area contributed by atoms with Gasteiger partial charge in [0.1, 0.15) is 16.9 Å². The number of carboxylic acid groups (broad SMARTS) is 1. The molecule has 0 aliphatic rings. The molecule has 0 unspecified atom stereocenters. The van der Waals surface area contributed by atoms with Crippen LogP contribution in [0.3, 0.4) is 0 Å². The number of halogens is 5. The number of benzene rings is 1. The Balaban J connectivity index is 2.16. The standard InChI is InChI=1S/C20H17F5N2O3S/c1-9(2)7-10-11(8-31-19-26-12-5-3-4-6-13(12)30-19)16(20(23,24)25)27-15(17(21)22)14(10)18(28)29/h3-6,9,17H,7-8H2,1-2H3,(H,28,29). The van der Waals surface area contributed by atoms with Crippen LogP contribution in [0.1, 0.15) is 53.1 Å². The van der Waals surface area contributed by atoms with Gasteiger partial charge in [-0.25, -0.2) is 23.5 Å². The predicted octanol–water partition coefficient (Wildman–Crippen LogP) is 6.37. The summed E-state index contributed by atoms with van der Waals surface area (Å²) in [4.78, 5) is 19.0. The molecule has 1 aromatic carbocycles. The zero-order chi connectivity index (χ0) is 22.9. The molecule has 3 rings (SSSR count). The Hall–Kier alpha value is -2.69. The number of para-hydroxylation sites is 2. The van der Waals surface area contributed by atoms with Gasteiger partial charge >= 0.3 is 12.1 Å². The summed E-state index contributed by atoms with van der Waals surface area (Å²) in [6, 6.07) is 6.72. The van der Waals surface area contributed by atoms with Crippen LogP contribution in [0.5, 0.6) is 0 Å². The van der Waals surface area contributed by atoms with Gasteiger partial charge in [-0.2, -0.15) is 13.2 Å². The number of aromatic nitrogens is 2. The predicted molar refractivity (Wildman–Crippen MR) is 103 cm³/mol. The number of aromatic carboxylic acids is 1. The van der Waals surface area contributed by atoms with E-state index in [9.17, 15) is 31.9 Å². The molecule has 2 aromatic heterocycles. The van der Waals surface area contributed by atoms with Crippen molar-refractivity contribution in [2.24, 2.45) is 5.92 Å². The highest BCUT2D eigenvalue weighted by atomic mass is 32.2. The SMILES string of the molecule is CC(C)Cc1c(CSc2nc3ccccc3o2)c(C(F)(F)F)nc(C(F)F)c1C(=O)O. The summed E-state index contributed by atoms with van der Waals surface area (Å²) < 4.78 is 73.6. The summed E-state index contributed by atoms with van der Waals surface area (Å²) in [6.45, 7) is 3.30. The van der Waals surface area contributed by atoms with Gasteiger partial charge in [-0.3, -0.25) is 0 Å². The number of carboxylic acids is 1. The van der Waals surface area contributed by atoms with E-state index >= 15 is 0 Å². The largest absolute Gasteiger partial charge is 0.478 e. The number of thioether (sulfide) groups is 1. The Morgan fingerprint density at radius 1 is 1.16 bits per heavy atom. The van der Waals surface area contributed by atoms with Crippen molar-refractivity contribution < 1.29 is 36.3 Å². The maximum Gasteiger partial charge on any atom is 0.433 e. The molecular formula is C20H17F5N2O3S. The average molecular weight is 460 g/mol. The van der Waals surface area contributed by atoms with Gasteiger partial charge in [0, 0.05) is 5.75 Å². The van der Waals surface area contributed by atoms with E-state index < -0.39 is 46.8 Å². The van der Waals surface area contributed by atoms with Gasteiger partial charge in [0.25, 0.3) is 11.6 Å². The van der Waals surface area contributed by atoms with E-state index in [1.807, 2.05) is 0 Å². The molecule has 166 valence electrons. The first-order chi connectivity index (χ1) is 14.5. The number of carbonyl (C=O) groups is 1. The number of rotatable bonds is 7. The smallest absolute Gasteiger partial charge is 0.433 e. The Morgan fingerprint density at radius 3 is 2.39 bits per heavy atom. The third-order valence-electron chi connectivity index (χ3n) is 4.36. The van der Waals surface area contributed by atoms with Crippen molar-refractivity contribution in [1.82, 2.24) is 9.97 Å². The van der Waals surface area contributed by atoms with Crippen LogP contribution in [0, 0.1) is 5.92 Å². The molecule has 31 heavy (non-hydrogen) atoms. The highest BCUT2D eigenvalue weighted by molar-refractivity contribution is 7.98. The average Bonchev–Trinajstić information content (AvgIpc) is 3.07. The molecule has 0 bridgehead atoms. The molecule has 5 nitrogen and oxygen atoms in total. The van der Waals surface area contributed by atoms with Gasteiger partial charge in [0.05, 0.1) is 5.56 Å². The zero-order valence-electron chi connectivity index (χ0n) is 16.3. The molecule has 1 N–H and O–H groups in total. The van der Waals surface area contributed by atoms with Gasteiger partial charge in [0.15, 0.2) is 5.58 Å². The van der Waals surface area contributed by atoms with Crippen molar-refractivity contribution in [3.8, 4) is 0 Å². The Bertz CT molecular complexity index is 1080. The lowest BCUT2D eigenvalue weighted by Crippen LogP contribution is -2.21. The second-order valence-corrected chi connectivity index (χ2v) is 8.04. The molecule has 0 amide bonds. The van der Waals surface area contributed by atoms with E-state index in [4.69, 9.17) is 4.42 Å². The third-order valence-corrected chi connectivity index (χ3v) is 5.21. The van der Waals surface area contributed by atoms with E-state index in [2.05, 4.69) is 9.97 Å². The van der Waals surface area contributed by atoms with Crippen LogP contribution in [0.15, 0.2) is 33.9 Å². The normalized spacial score (nSPS) is 12.3. The first-order valence-corrected chi connectivity index (χ1v) is 10.1. The summed E-state index contributed by atoms with van der Waals surface area (Å²) in [7, 11) is 0. The van der Waals surface area contributed by atoms with Crippen molar-refractivity contribution in [3.63, 3.8) is 0 Å². The number of oxazole rings is 1. The number of hydrogen-bond donors (Lipinski definition) is 1. The van der Waals surface area contributed by atoms with Gasteiger partial charge in [-0.15, -0.1) is 0 Å². The number of hydrogen-bond acceptors (Lipinski definition) is 5. The van der Waals surface area contributed by atoms with Crippen LogP contribution in [0.2, 0.25) is 0 Å². The first-order valence-electron chi connectivity index (χ1n) is 9.11. The molecule has 3 aromatic rings. The molecule has 0 radical (unpaired) electrons. The molecule has 0 saturated carbocycles. The van der Waals surface area contributed by atoms with Crippen molar-refractivity contribution in [2.45, 2.75) is 43.8 Å². The lowest BCUT2D eigenvalue weighted by molar-refractivity contribution is -0.142. The molecule has 0 fully saturated rings. The topological polar surface area (TPSA) is 76.2 Å². The molecular weight excluding hydrogens is 443 g/mol. The molecule has 0 saturated heterocycles. The van der Waals surface area contributed by atoms with Crippen molar-refractivity contribution in [2.75, 3.05) is 0 Å². The quantitative estimate of drug-likeness (QED) is 0.326. The van der Waals surface area contributed by atoms with Gasteiger partial charge in [-0.1, -0.05) is 37.7 Å². The highest BCUT2D eigenvalue weighted by Gasteiger charge is 2.40. The fourth-order valence-electron chi connectivity index (χ4n) is 3.16. The summed E-state index contributed by atoms with van der Waals surface area (Å²) in [5.41, 5.74) is -3.62. The Labute approximate surface area is 177 Å². The molecule has 2 heterocycles. The van der Waals surface area contributed by atoms with Crippen LogP contribution < -0.4 is 0 Å². The fraction of sp³-hybridized carbons (Fsp3) is 0.350. The molecule has 0 aliphatic carbocycles. The molecule has 0 spiro atoms. The summed E-state index contributed by atoms with van der Waals surface area (Å²) in [5, 5.41) is 9.58. The van der Waals surface area contributed by atoms with E-state index in [0.29, 0.717) is 11.1 Å². The summed E-state index contributed by atoms with van der Waals surface area (Å²) in [5.74, 6) is -2.44. The number of fused-ring (bicyclic) bond motifs is 1. The van der Waals surface area contributed by atoms with Crippen molar-refractivity contribution in [1.29, 1.82) is 0 Å². The van der Waals surface area contributed by atoms with Gasteiger partial charge < -0.3 is 9.52 Å². The first kappa shape index (κ1) is 23.0. The van der Waals surface area contributed by atoms with Crippen LogP contribution in [-0.2, 0) is 18.3 Å². The number of alkyl halides is 5. The van der Waals surface area contributed by atoms with Crippen LogP contribution in [0.4, 0.5) is 22.0 Å². The second kappa shape index (κ2) is 8.81. The van der Waals surface area contributed by atoms with Crippen LogP contribution >= 0.6 is 11.8 Å². The van der Waals surface area contributed by atoms with E-state index in [1.165, 1.54) is 0 Å². The highest BCUT2D eigenvalue weighted by Crippen LogP contribution is 2.40. The maximum atomic E-state index is 13.7. The monoisotopic (exact) mass is 460 g/mol. The Kier molecular flexibility index (Phi) is 6.54. The summed E-state index contributed by atoms with van der Waals surface area (Å²) >= 11 is 0.807. The van der Waals surface area contributed by atoms with E-state index in [0.717, 1.165) is 11.8 Å². The van der Waals surface area contributed by atoms with Gasteiger partial charge in [-0.05, 0) is 35.6 Å². The van der Waals surface area contributed by atoms with Gasteiger partial charge in [0.2, 0.25) is 0 Å². The lowest BCUT2D eigenvalue weighted by Gasteiger charge is -2.21. The minimum Gasteiger partial charge on any atom is -0.478 e. The van der Waals surface area contributed by atoms with Crippen molar-refractivity contribution in [3.05, 3.63) is 52.3 Å². The number of pyridine rings is 1. The van der Waals surface area contributed by atoms with Crippen LogP contribution in [0.25, 0.3) is 11.1 Å². The molecule has 11 heteroatoms. The van der Waals surface area contributed by atoms with E-state index in [-0.39, 0.29) is 23.1 Å². The Morgan fingerprint density at radius 2 is 1.84 bits per heavy atom. The minimum atomic E-state index is -5.05. The molecule has 0 atom stereocenters. The van der Waals surface area contributed by atoms with E-state index in [1.54, 1.807) is 38.1 Å². The lowest BCUT2D eigenvalue weighted by atomic mass is 9.91. The minimum absolute atomic E-state index is 0.0691. The van der Waals surface area contributed by atoms with Crippen LogP contribution in [-0.4, -0.2) is 21.0 Å². The fourth-order valence-corrected chi connectivity index (χ4v) is 4.05. The number of nitrogens with zero attached hydrogens (tertiary/aromatic N) is 2.